The highest BCUT2D eigenvalue weighted by molar-refractivity contribution is 4.85. The lowest BCUT2D eigenvalue weighted by Gasteiger charge is -2.33. The predicted octanol–water partition coefficient (Wildman–Crippen LogP) is 0.705. The number of likely N-dealkylation sites (N-methyl/N-ethyl adjacent to an activating group) is 1. The molecule has 0 aromatic carbocycles. The van der Waals surface area contributed by atoms with Crippen LogP contribution in [0.3, 0.4) is 0 Å². The first kappa shape index (κ1) is 10.4. The quantitative estimate of drug-likeness (QED) is 0.722. The highest BCUT2D eigenvalue weighted by atomic mass is 16.5. The molecule has 2 aliphatic rings. The van der Waals surface area contributed by atoms with E-state index in [1.54, 1.807) is 0 Å². The summed E-state index contributed by atoms with van der Waals surface area (Å²) in [5.41, 5.74) is 0. The topological polar surface area (TPSA) is 24.5 Å². The summed E-state index contributed by atoms with van der Waals surface area (Å²) < 4.78 is 5.45. The Kier molecular flexibility index (Phi) is 3.42. The Bertz CT molecular complexity index is 154. The molecule has 0 radical (unpaired) electrons. The Morgan fingerprint density at radius 1 is 1.43 bits per heavy atom. The number of hydrogen-bond acceptors (Lipinski definition) is 3. The molecule has 0 bridgehead atoms. The lowest BCUT2D eigenvalue weighted by atomic mass is 9.98. The van der Waals surface area contributed by atoms with Gasteiger partial charge in [-0.25, -0.2) is 0 Å². The van der Waals surface area contributed by atoms with E-state index in [9.17, 15) is 0 Å². The molecule has 2 heterocycles. The number of nitrogens with one attached hydrogen (secondary N) is 1. The second kappa shape index (κ2) is 4.60. The van der Waals surface area contributed by atoms with E-state index in [0.717, 1.165) is 31.7 Å². The van der Waals surface area contributed by atoms with Crippen LogP contribution in [0.25, 0.3) is 0 Å². The van der Waals surface area contributed by atoms with Gasteiger partial charge in [-0.05, 0) is 39.3 Å². The summed E-state index contributed by atoms with van der Waals surface area (Å²) in [4.78, 5) is 2.54. The zero-order valence-corrected chi connectivity index (χ0v) is 9.33. The Labute approximate surface area is 86.8 Å². The van der Waals surface area contributed by atoms with Crippen LogP contribution in [0.15, 0.2) is 0 Å². The monoisotopic (exact) mass is 198 g/mol. The van der Waals surface area contributed by atoms with Crippen LogP contribution in [-0.4, -0.2) is 50.3 Å². The molecule has 0 aromatic rings. The highest BCUT2D eigenvalue weighted by Gasteiger charge is 2.29. The van der Waals surface area contributed by atoms with Crippen LogP contribution in [0.4, 0.5) is 0 Å². The van der Waals surface area contributed by atoms with E-state index in [-0.39, 0.29) is 0 Å². The minimum absolute atomic E-state index is 0.669. The van der Waals surface area contributed by atoms with Gasteiger partial charge in [-0.2, -0.15) is 0 Å². The molecule has 2 fully saturated rings. The largest absolute Gasteiger partial charge is 0.381 e. The number of ether oxygens (including phenoxy) is 1. The Balaban J connectivity index is 1.85. The SMILES string of the molecule is CC(C1CCOC1)N(C)C1CCNC1. The lowest BCUT2D eigenvalue weighted by Crippen LogP contribution is -2.43. The molecule has 1 N–H and O–H groups in total. The van der Waals surface area contributed by atoms with Gasteiger partial charge >= 0.3 is 0 Å². The van der Waals surface area contributed by atoms with E-state index in [1.807, 2.05) is 0 Å². The van der Waals surface area contributed by atoms with Crippen LogP contribution in [-0.2, 0) is 4.74 Å². The van der Waals surface area contributed by atoms with Crippen LogP contribution in [0.2, 0.25) is 0 Å². The summed E-state index contributed by atoms with van der Waals surface area (Å²) in [6.45, 7) is 6.62. The highest BCUT2D eigenvalue weighted by Crippen LogP contribution is 2.22. The second-order valence-corrected chi connectivity index (χ2v) is 4.68. The summed E-state index contributed by atoms with van der Waals surface area (Å²) in [6, 6.07) is 1.41. The maximum absolute atomic E-state index is 5.45. The Morgan fingerprint density at radius 2 is 2.29 bits per heavy atom. The number of nitrogens with zero attached hydrogens (tertiary/aromatic N) is 1. The molecule has 3 atom stereocenters. The van der Waals surface area contributed by atoms with Crippen molar-refractivity contribution < 1.29 is 4.74 Å². The van der Waals surface area contributed by atoms with Crippen molar-refractivity contribution in [1.29, 1.82) is 0 Å². The Hall–Kier alpha value is -0.120. The molecule has 0 aromatic heterocycles. The fourth-order valence-corrected chi connectivity index (χ4v) is 2.59. The fraction of sp³-hybridized carbons (Fsp3) is 1.00. The summed E-state index contributed by atoms with van der Waals surface area (Å²) in [5, 5.41) is 3.43. The average Bonchev–Trinajstić information content (AvgIpc) is 2.87. The molecule has 3 unspecified atom stereocenters. The Morgan fingerprint density at radius 3 is 2.86 bits per heavy atom. The smallest absolute Gasteiger partial charge is 0.0509 e. The van der Waals surface area contributed by atoms with Gasteiger partial charge < -0.3 is 10.1 Å². The van der Waals surface area contributed by atoms with Crippen molar-refractivity contribution in [3.63, 3.8) is 0 Å². The summed E-state index contributed by atoms with van der Waals surface area (Å²) in [6.07, 6.45) is 2.54. The molecular formula is C11H22N2O. The maximum atomic E-state index is 5.45. The molecule has 3 nitrogen and oxygen atoms in total. The lowest BCUT2D eigenvalue weighted by molar-refractivity contribution is 0.121. The van der Waals surface area contributed by atoms with Crippen molar-refractivity contribution in [2.45, 2.75) is 31.8 Å². The van der Waals surface area contributed by atoms with Crippen LogP contribution >= 0.6 is 0 Å². The molecule has 0 spiro atoms. The molecule has 0 saturated carbocycles. The van der Waals surface area contributed by atoms with E-state index in [1.165, 1.54) is 19.4 Å². The summed E-state index contributed by atoms with van der Waals surface area (Å²) >= 11 is 0. The van der Waals surface area contributed by atoms with Gasteiger partial charge in [0.2, 0.25) is 0 Å². The molecule has 0 amide bonds. The fourth-order valence-electron chi connectivity index (χ4n) is 2.59. The third kappa shape index (κ3) is 2.10. The predicted molar refractivity (Wildman–Crippen MR) is 57.4 cm³/mol. The van der Waals surface area contributed by atoms with Crippen LogP contribution in [0, 0.1) is 5.92 Å². The van der Waals surface area contributed by atoms with E-state index in [2.05, 4.69) is 24.2 Å². The standard InChI is InChI=1S/C11H22N2O/c1-9(10-4-6-14-8-10)13(2)11-3-5-12-7-11/h9-12H,3-8H2,1-2H3. The maximum Gasteiger partial charge on any atom is 0.0509 e. The van der Waals surface area contributed by atoms with Gasteiger partial charge in [-0.15, -0.1) is 0 Å². The molecule has 14 heavy (non-hydrogen) atoms. The first-order valence-corrected chi connectivity index (χ1v) is 5.79. The van der Waals surface area contributed by atoms with Gasteiger partial charge in [-0.3, -0.25) is 4.90 Å². The van der Waals surface area contributed by atoms with Crippen LogP contribution in [0.5, 0.6) is 0 Å². The average molecular weight is 198 g/mol. The molecule has 2 rings (SSSR count). The minimum Gasteiger partial charge on any atom is -0.381 e. The molecular weight excluding hydrogens is 176 g/mol. The first-order valence-electron chi connectivity index (χ1n) is 5.79. The second-order valence-electron chi connectivity index (χ2n) is 4.68. The normalized spacial score (nSPS) is 35.4. The molecule has 3 heteroatoms. The van der Waals surface area contributed by atoms with Gasteiger partial charge in [-0.1, -0.05) is 0 Å². The number of hydrogen-bond donors (Lipinski definition) is 1. The van der Waals surface area contributed by atoms with Gasteiger partial charge in [0.1, 0.15) is 0 Å². The van der Waals surface area contributed by atoms with Crippen molar-refractivity contribution in [3.05, 3.63) is 0 Å². The minimum atomic E-state index is 0.669. The first-order chi connectivity index (χ1) is 6.79. The molecule has 2 saturated heterocycles. The van der Waals surface area contributed by atoms with Gasteiger partial charge in [0, 0.05) is 25.2 Å². The number of rotatable bonds is 3. The molecule has 0 aliphatic carbocycles. The third-order valence-corrected chi connectivity index (χ3v) is 3.90. The summed E-state index contributed by atoms with van der Waals surface area (Å²) in [7, 11) is 2.26. The zero-order valence-electron chi connectivity index (χ0n) is 9.33. The van der Waals surface area contributed by atoms with E-state index in [0.29, 0.717) is 6.04 Å². The van der Waals surface area contributed by atoms with Crippen molar-refractivity contribution in [1.82, 2.24) is 10.2 Å². The van der Waals surface area contributed by atoms with E-state index >= 15 is 0 Å². The van der Waals surface area contributed by atoms with Gasteiger partial charge in [0.15, 0.2) is 0 Å². The van der Waals surface area contributed by atoms with Crippen molar-refractivity contribution in [3.8, 4) is 0 Å². The zero-order chi connectivity index (χ0) is 9.97. The van der Waals surface area contributed by atoms with E-state index in [4.69, 9.17) is 4.74 Å². The summed E-state index contributed by atoms with van der Waals surface area (Å²) in [5.74, 6) is 0.751. The van der Waals surface area contributed by atoms with Crippen LogP contribution < -0.4 is 5.32 Å². The molecule has 82 valence electrons. The van der Waals surface area contributed by atoms with E-state index < -0.39 is 0 Å². The third-order valence-electron chi connectivity index (χ3n) is 3.90. The van der Waals surface area contributed by atoms with Crippen LogP contribution in [0.1, 0.15) is 19.8 Å². The van der Waals surface area contributed by atoms with Gasteiger partial charge in [0.25, 0.3) is 0 Å². The molecule has 2 aliphatic heterocycles. The van der Waals surface area contributed by atoms with Crippen molar-refractivity contribution in [2.75, 3.05) is 33.4 Å². The van der Waals surface area contributed by atoms with Crippen molar-refractivity contribution >= 4 is 0 Å². The van der Waals surface area contributed by atoms with Crippen molar-refractivity contribution in [2.24, 2.45) is 5.92 Å². The van der Waals surface area contributed by atoms with Gasteiger partial charge in [0.05, 0.1) is 6.61 Å².